The molecule has 8 rings (SSSR count). The molecule has 0 radical (unpaired) electrons. The second kappa shape index (κ2) is 19.4. The predicted molar refractivity (Wildman–Crippen MR) is 224 cm³/mol. The lowest BCUT2D eigenvalue weighted by molar-refractivity contribution is -0.125. The Labute approximate surface area is 350 Å². The molecule has 298 valence electrons. The molecule has 0 aromatic heterocycles. The highest BCUT2D eigenvalue weighted by atomic mass is 35.5. The molecule has 9 nitrogen and oxygen atoms in total. The van der Waals surface area contributed by atoms with Crippen molar-refractivity contribution in [2.75, 3.05) is 13.2 Å². The van der Waals surface area contributed by atoms with Gasteiger partial charge < -0.3 is 20.1 Å². The number of carbonyl (C=O) groups is 2. The number of nitrogens with zero attached hydrogens (tertiary/aromatic N) is 3. The quantitative estimate of drug-likeness (QED) is 0.147. The molecular formula is C45H48Cl3N5O4. The van der Waals surface area contributed by atoms with Crippen LogP contribution in [-0.2, 0) is 22.7 Å². The Bertz CT molecular complexity index is 2000. The number of amides is 2. The molecule has 6 atom stereocenters. The Morgan fingerprint density at radius 2 is 1.02 bits per heavy atom. The van der Waals surface area contributed by atoms with Gasteiger partial charge in [0.15, 0.2) is 13.2 Å². The third-order valence-corrected chi connectivity index (χ3v) is 12.3. The van der Waals surface area contributed by atoms with E-state index in [1.807, 2.05) is 30.3 Å². The summed E-state index contributed by atoms with van der Waals surface area (Å²) in [7, 11) is 0. The average Bonchev–Trinajstić information content (AvgIpc) is 3.57. The maximum Gasteiger partial charge on any atom is 0.258 e. The van der Waals surface area contributed by atoms with Crippen LogP contribution in [0, 0.1) is 11.3 Å². The Kier molecular flexibility index (Phi) is 13.9. The van der Waals surface area contributed by atoms with E-state index in [-0.39, 0.29) is 37.1 Å². The normalized spacial score (nSPS) is 23.8. The molecular weight excluding hydrogens is 781 g/mol. The number of ether oxygens (including phenoxy) is 2. The smallest absolute Gasteiger partial charge is 0.258 e. The molecule has 12 heteroatoms. The molecule has 4 saturated heterocycles. The molecule has 4 aliphatic heterocycles. The van der Waals surface area contributed by atoms with Gasteiger partial charge in [0.2, 0.25) is 0 Å². The zero-order chi connectivity index (χ0) is 39.7. The van der Waals surface area contributed by atoms with Gasteiger partial charge in [-0.05, 0) is 123 Å². The minimum absolute atomic E-state index is 0.0145. The van der Waals surface area contributed by atoms with Crippen LogP contribution in [0.25, 0.3) is 0 Å². The van der Waals surface area contributed by atoms with Crippen molar-refractivity contribution in [2.24, 2.45) is 0 Å². The van der Waals surface area contributed by atoms with Crippen LogP contribution >= 0.6 is 34.8 Å². The fraction of sp³-hybridized carbons (Fsp3) is 0.400. The summed E-state index contributed by atoms with van der Waals surface area (Å²) in [6.07, 6.45) is 8.69. The highest BCUT2D eigenvalue weighted by Crippen LogP contribution is 2.38. The maximum absolute atomic E-state index is 12.4. The number of nitriles is 1. The van der Waals surface area contributed by atoms with Crippen LogP contribution in [0.4, 0.5) is 0 Å². The molecule has 57 heavy (non-hydrogen) atoms. The fourth-order valence-corrected chi connectivity index (χ4v) is 9.38. The molecule has 2 unspecified atom stereocenters. The SMILES string of the molecule is N#Cc1cccc(OCC(=O)NC2C[C@H]3CC[C@@H](C2)N3Cc2ccc(Cl)cc2)c1.O=C(COc1cccc(Cl)c1)NC1C[C@H]2CC[C@@H](C1)N2Cc1ccc(Cl)cc1. The molecule has 0 saturated carbocycles. The van der Waals surface area contributed by atoms with Crippen LogP contribution < -0.4 is 20.1 Å². The fourth-order valence-electron chi connectivity index (χ4n) is 8.95. The van der Waals surface area contributed by atoms with E-state index in [9.17, 15) is 9.59 Å². The molecule has 4 bridgehead atoms. The largest absolute Gasteiger partial charge is 0.484 e. The standard InChI is InChI=1S/C23H24ClN3O2.C22H24Cl2N2O2/c24-18-6-4-16(5-7-18)14-27-20-8-9-21(27)12-19(11-20)26-23(28)15-29-22-3-1-2-17(10-22)13-25;23-16-6-4-15(5-7-16)13-26-19-8-9-20(26)12-18(11-19)25-22(27)14-28-21-3-1-2-17(24)10-21/h1-7,10,19-21H,8-9,11-12,14-15H2,(H,26,28);1-7,10,18-20H,8-9,11-14H2,(H,25,27)/t19?,20-,21+;18?,19-,20+. The second-order valence-electron chi connectivity index (χ2n) is 15.5. The van der Waals surface area contributed by atoms with Gasteiger partial charge in [0, 0.05) is 64.4 Å². The van der Waals surface area contributed by atoms with Crippen molar-refractivity contribution in [3.05, 3.63) is 129 Å². The summed E-state index contributed by atoms with van der Waals surface area (Å²) >= 11 is 17.9. The van der Waals surface area contributed by atoms with E-state index in [0.29, 0.717) is 46.3 Å². The summed E-state index contributed by atoms with van der Waals surface area (Å²) in [5.41, 5.74) is 3.09. The van der Waals surface area contributed by atoms with Gasteiger partial charge in [-0.3, -0.25) is 19.4 Å². The molecule has 4 aliphatic rings. The van der Waals surface area contributed by atoms with E-state index in [4.69, 9.17) is 49.5 Å². The van der Waals surface area contributed by atoms with Gasteiger partial charge in [-0.25, -0.2) is 0 Å². The Morgan fingerprint density at radius 3 is 1.44 bits per heavy atom. The third-order valence-electron chi connectivity index (χ3n) is 11.6. The summed E-state index contributed by atoms with van der Waals surface area (Å²) in [6, 6.07) is 34.7. The van der Waals surface area contributed by atoms with Gasteiger partial charge in [0.1, 0.15) is 11.5 Å². The number of piperidine rings is 2. The number of benzene rings is 4. The van der Waals surface area contributed by atoms with Gasteiger partial charge in [-0.1, -0.05) is 71.2 Å². The molecule has 0 aliphatic carbocycles. The summed E-state index contributed by atoms with van der Waals surface area (Å²) in [5.74, 6) is 0.969. The number of hydrogen-bond acceptors (Lipinski definition) is 7. The molecule has 4 fully saturated rings. The molecule has 4 heterocycles. The first-order valence-corrected chi connectivity index (χ1v) is 20.9. The summed E-state index contributed by atoms with van der Waals surface area (Å²) in [6.45, 7) is 1.87. The van der Waals surface area contributed by atoms with Crippen molar-refractivity contribution < 1.29 is 19.1 Å². The van der Waals surface area contributed by atoms with Crippen LogP contribution in [0.1, 0.15) is 68.1 Å². The van der Waals surface area contributed by atoms with Gasteiger partial charge in [0.05, 0.1) is 11.6 Å². The Hall–Kier alpha value is -4.30. The van der Waals surface area contributed by atoms with Crippen LogP contribution in [0.2, 0.25) is 15.1 Å². The topological polar surface area (TPSA) is 107 Å². The van der Waals surface area contributed by atoms with E-state index < -0.39 is 0 Å². The van der Waals surface area contributed by atoms with Crippen molar-refractivity contribution in [1.82, 2.24) is 20.4 Å². The minimum atomic E-state index is -0.108. The van der Waals surface area contributed by atoms with E-state index in [1.54, 1.807) is 42.5 Å². The van der Waals surface area contributed by atoms with Crippen molar-refractivity contribution in [3.8, 4) is 17.6 Å². The molecule has 2 amide bonds. The van der Waals surface area contributed by atoms with Crippen LogP contribution in [0.3, 0.4) is 0 Å². The zero-order valence-electron chi connectivity index (χ0n) is 31.8. The van der Waals surface area contributed by atoms with Crippen molar-refractivity contribution in [1.29, 1.82) is 5.26 Å². The van der Waals surface area contributed by atoms with E-state index in [0.717, 1.165) is 48.8 Å². The number of halogens is 3. The number of nitrogens with one attached hydrogen (secondary N) is 2. The van der Waals surface area contributed by atoms with E-state index in [1.165, 1.54) is 36.8 Å². The van der Waals surface area contributed by atoms with Crippen molar-refractivity contribution in [3.63, 3.8) is 0 Å². The first-order chi connectivity index (χ1) is 27.7. The monoisotopic (exact) mass is 827 g/mol. The zero-order valence-corrected chi connectivity index (χ0v) is 34.1. The van der Waals surface area contributed by atoms with Crippen LogP contribution in [0.15, 0.2) is 97.1 Å². The number of carbonyl (C=O) groups excluding carboxylic acids is 2. The van der Waals surface area contributed by atoms with Gasteiger partial charge in [0.25, 0.3) is 11.8 Å². The van der Waals surface area contributed by atoms with Crippen molar-refractivity contribution in [2.45, 2.75) is 101 Å². The summed E-state index contributed by atoms with van der Waals surface area (Å²) < 4.78 is 11.1. The highest BCUT2D eigenvalue weighted by molar-refractivity contribution is 6.31. The molecule has 2 N–H and O–H groups in total. The van der Waals surface area contributed by atoms with E-state index >= 15 is 0 Å². The van der Waals surface area contributed by atoms with Crippen LogP contribution in [-0.4, -0.2) is 71.1 Å². The minimum Gasteiger partial charge on any atom is -0.484 e. The first-order valence-electron chi connectivity index (χ1n) is 19.8. The molecule has 4 aromatic carbocycles. The lowest BCUT2D eigenvalue weighted by Gasteiger charge is -2.39. The number of hydrogen-bond donors (Lipinski definition) is 2. The predicted octanol–water partition coefficient (Wildman–Crippen LogP) is 8.59. The second-order valence-corrected chi connectivity index (χ2v) is 16.8. The summed E-state index contributed by atoms with van der Waals surface area (Å²) in [4.78, 5) is 29.8. The third kappa shape index (κ3) is 11.4. The molecule has 0 spiro atoms. The maximum atomic E-state index is 12.4. The lowest BCUT2D eigenvalue weighted by Crippen LogP contribution is -2.50. The number of fused-ring (bicyclic) bond motifs is 4. The summed E-state index contributed by atoms with van der Waals surface area (Å²) in [5, 5.41) is 17.4. The Morgan fingerprint density at radius 1 is 0.596 bits per heavy atom. The van der Waals surface area contributed by atoms with E-state index in [2.05, 4.69) is 50.8 Å². The first kappa shape index (κ1) is 40.9. The van der Waals surface area contributed by atoms with Gasteiger partial charge in [-0.2, -0.15) is 5.26 Å². The lowest BCUT2D eigenvalue weighted by atomic mass is 9.96. The van der Waals surface area contributed by atoms with Crippen LogP contribution in [0.5, 0.6) is 11.5 Å². The average molecular weight is 829 g/mol. The molecule has 4 aromatic rings. The van der Waals surface area contributed by atoms with Gasteiger partial charge in [-0.15, -0.1) is 0 Å². The Balaban J connectivity index is 0.000000174. The van der Waals surface area contributed by atoms with Crippen molar-refractivity contribution >= 4 is 46.6 Å². The number of rotatable bonds is 12. The highest BCUT2D eigenvalue weighted by Gasteiger charge is 2.42. The van der Waals surface area contributed by atoms with Gasteiger partial charge >= 0.3 is 0 Å².